The fraction of sp³-hybridized carbons (Fsp3) is 0.133. The van der Waals surface area contributed by atoms with Crippen LogP contribution in [0.2, 0.25) is 0 Å². The Morgan fingerprint density at radius 2 is 1.95 bits per heavy atom. The molecule has 0 unspecified atom stereocenters. The second-order valence-corrected chi connectivity index (χ2v) is 4.01. The number of hydrogen-bond donors (Lipinski definition) is 1. The number of benzene rings is 2. The molecule has 2 rings (SSSR count). The van der Waals surface area contributed by atoms with Crippen molar-refractivity contribution in [1.29, 1.82) is 0 Å². The summed E-state index contributed by atoms with van der Waals surface area (Å²) < 4.78 is 23.9. The molecule has 0 heterocycles. The zero-order chi connectivity index (χ0) is 14.5. The summed E-state index contributed by atoms with van der Waals surface area (Å²) in [6.07, 6.45) is 0. The molecular weight excluding hydrogens is 261 g/mol. The molecule has 0 aliphatic heterocycles. The van der Waals surface area contributed by atoms with Crippen molar-refractivity contribution in [2.75, 3.05) is 12.3 Å². The molecule has 0 fully saturated rings. The van der Waals surface area contributed by atoms with Gasteiger partial charge in [0.2, 0.25) is 0 Å². The molecule has 0 bridgehead atoms. The van der Waals surface area contributed by atoms with Crippen LogP contribution in [0.5, 0.6) is 11.5 Å². The zero-order valence-electron chi connectivity index (χ0n) is 10.9. The zero-order valence-corrected chi connectivity index (χ0v) is 10.9. The van der Waals surface area contributed by atoms with Gasteiger partial charge < -0.3 is 15.2 Å². The monoisotopic (exact) mass is 275 g/mol. The average Bonchev–Trinajstić information content (AvgIpc) is 2.43. The van der Waals surface area contributed by atoms with Gasteiger partial charge >= 0.3 is 5.97 Å². The van der Waals surface area contributed by atoms with Crippen molar-refractivity contribution in [3.63, 3.8) is 0 Å². The predicted molar refractivity (Wildman–Crippen MR) is 73.3 cm³/mol. The molecule has 20 heavy (non-hydrogen) atoms. The second kappa shape index (κ2) is 6.06. The average molecular weight is 275 g/mol. The van der Waals surface area contributed by atoms with E-state index in [1.807, 2.05) is 0 Å². The highest BCUT2D eigenvalue weighted by Gasteiger charge is 2.16. The van der Waals surface area contributed by atoms with Gasteiger partial charge in [0.15, 0.2) is 11.6 Å². The lowest BCUT2D eigenvalue weighted by Gasteiger charge is -2.11. The van der Waals surface area contributed by atoms with Crippen molar-refractivity contribution in [1.82, 2.24) is 0 Å². The normalized spacial score (nSPS) is 10.1. The van der Waals surface area contributed by atoms with Crippen LogP contribution < -0.4 is 10.5 Å². The Morgan fingerprint density at radius 3 is 2.65 bits per heavy atom. The fourth-order valence-electron chi connectivity index (χ4n) is 1.65. The van der Waals surface area contributed by atoms with Crippen LogP contribution in [0.25, 0.3) is 0 Å². The van der Waals surface area contributed by atoms with E-state index in [-0.39, 0.29) is 23.7 Å². The molecule has 104 valence electrons. The van der Waals surface area contributed by atoms with Gasteiger partial charge in [-0.1, -0.05) is 12.1 Å². The molecule has 5 heteroatoms. The summed E-state index contributed by atoms with van der Waals surface area (Å²) in [5.41, 5.74) is 6.21. The Labute approximate surface area is 115 Å². The smallest absolute Gasteiger partial charge is 0.342 e. The number of para-hydroxylation sites is 1. The number of nitrogens with two attached hydrogens (primary N) is 1. The van der Waals surface area contributed by atoms with Crippen LogP contribution in [-0.2, 0) is 4.74 Å². The maximum atomic E-state index is 13.6. The molecule has 2 aromatic rings. The molecule has 0 aliphatic rings. The largest absolute Gasteiger partial charge is 0.462 e. The van der Waals surface area contributed by atoms with Crippen LogP contribution in [0, 0.1) is 5.82 Å². The van der Waals surface area contributed by atoms with Gasteiger partial charge in [-0.25, -0.2) is 9.18 Å². The van der Waals surface area contributed by atoms with Gasteiger partial charge in [-0.2, -0.15) is 0 Å². The number of rotatable bonds is 4. The Balaban J connectivity index is 2.36. The highest BCUT2D eigenvalue weighted by molar-refractivity contribution is 5.93. The van der Waals surface area contributed by atoms with Crippen LogP contribution in [0.3, 0.4) is 0 Å². The van der Waals surface area contributed by atoms with E-state index in [9.17, 15) is 9.18 Å². The highest BCUT2D eigenvalue weighted by atomic mass is 19.1. The van der Waals surface area contributed by atoms with Crippen LogP contribution in [-0.4, -0.2) is 12.6 Å². The molecule has 0 saturated heterocycles. The summed E-state index contributed by atoms with van der Waals surface area (Å²) in [6.45, 7) is 1.92. The molecule has 0 spiro atoms. The van der Waals surface area contributed by atoms with E-state index in [1.165, 1.54) is 24.3 Å². The van der Waals surface area contributed by atoms with Crippen molar-refractivity contribution in [2.45, 2.75) is 6.92 Å². The summed E-state index contributed by atoms with van der Waals surface area (Å²) in [4.78, 5) is 11.8. The van der Waals surface area contributed by atoms with Crippen LogP contribution in [0.15, 0.2) is 42.5 Å². The number of halogens is 1. The van der Waals surface area contributed by atoms with Crippen molar-refractivity contribution < 1.29 is 18.7 Å². The summed E-state index contributed by atoms with van der Waals surface area (Å²) in [6, 6.07) is 10.5. The second-order valence-electron chi connectivity index (χ2n) is 4.01. The first-order valence-electron chi connectivity index (χ1n) is 6.11. The first-order chi connectivity index (χ1) is 9.61. The van der Waals surface area contributed by atoms with Crippen LogP contribution in [0.4, 0.5) is 10.1 Å². The van der Waals surface area contributed by atoms with Gasteiger partial charge in [0, 0.05) is 5.69 Å². The van der Waals surface area contributed by atoms with E-state index in [4.69, 9.17) is 15.2 Å². The molecule has 4 nitrogen and oxygen atoms in total. The summed E-state index contributed by atoms with van der Waals surface area (Å²) in [5.74, 6) is -0.851. The SMILES string of the molecule is CCOC(=O)c1cc(N)ccc1Oc1ccccc1F. The number of nitrogen functional groups attached to an aromatic ring is 1. The maximum Gasteiger partial charge on any atom is 0.342 e. The molecular formula is C15H14FNO3. The van der Waals surface area contributed by atoms with Gasteiger partial charge in [0.25, 0.3) is 0 Å². The summed E-state index contributed by atoms with van der Waals surface area (Å²) >= 11 is 0. The fourth-order valence-corrected chi connectivity index (χ4v) is 1.65. The summed E-state index contributed by atoms with van der Waals surface area (Å²) in [5, 5.41) is 0. The topological polar surface area (TPSA) is 61.5 Å². The Morgan fingerprint density at radius 1 is 1.20 bits per heavy atom. The molecule has 0 amide bonds. The lowest BCUT2D eigenvalue weighted by atomic mass is 10.2. The minimum absolute atomic E-state index is 0.0304. The van der Waals surface area contributed by atoms with Crippen molar-refractivity contribution in [3.8, 4) is 11.5 Å². The van der Waals surface area contributed by atoms with Gasteiger partial charge in [-0.05, 0) is 37.3 Å². The van der Waals surface area contributed by atoms with Gasteiger partial charge in [-0.3, -0.25) is 0 Å². The third-order valence-corrected chi connectivity index (χ3v) is 2.56. The number of ether oxygens (including phenoxy) is 2. The first kappa shape index (κ1) is 13.9. The molecule has 0 atom stereocenters. The predicted octanol–water partition coefficient (Wildman–Crippen LogP) is 3.38. The Bertz CT molecular complexity index is 628. The first-order valence-corrected chi connectivity index (χ1v) is 6.11. The number of carbonyl (C=O) groups excluding carboxylic acids is 1. The lowest BCUT2D eigenvalue weighted by Crippen LogP contribution is -2.07. The molecule has 2 N–H and O–H groups in total. The Kier molecular flexibility index (Phi) is 4.20. The van der Waals surface area contributed by atoms with E-state index in [0.29, 0.717) is 5.69 Å². The lowest BCUT2D eigenvalue weighted by molar-refractivity contribution is 0.0523. The maximum absolute atomic E-state index is 13.6. The number of anilines is 1. The molecule has 0 aliphatic carbocycles. The van der Waals surface area contributed by atoms with E-state index < -0.39 is 11.8 Å². The highest BCUT2D eigenvalue weighted by Crippen LogP contribution is 2.29. The van der Waals surface area contributed by atoms with Crippen LogP contribution in [0.1, 0.15) is 17.3 Å². The van der Waals surface area contributed by atoms with Crippen molar-refractivity contribution in [2.24, 2.45) is 0 Å². The molecule has 0 aromatic heterocycles. The van der Waals surface area contributed by atoms with E-state index in [2.05, 4.69) is 0 Å². The molecule has 2 aromatic carbocycles. The van der Waals surface area contributed by atoms with Crippen molar-refractivity contribution in [3.05, 3.63) is 53.8 Å². The standard InChI is InChI=1S/C15H14FNO3/c1-2-19-15(18)11-9-10(17)7-8-13(11)20-14-6-4-3-5-12(14)16/h3-9H,2,17H2,1H3. The minimum Gasteiger partial charge on any atom is -0.462 e. The van der Waals surface area contributed by atoms with E-state index in [1.54, 1.807) is 25.1 Å². The molecule has 0 saturated carbocycles. The number of hydrogen-bond acceptors (Lipinski definition) is 4. The molecule has 0 radical (unpaired) electrons. The summed E-state index contributed by atoms with van der Waals surface area (Å²) in [7, 11) is 0. The van der Waals surface area contributed by atoms with Gasteiger partial charge in [-0.15, -0.1) is 0 Å². The van der Waals surface area contributed by atoms with Crippen molar-refractivity contribution >= 4 is 11.7 Å². The number of carbonyl (C=O) groups is 1. The van der Waals surface area contributed by atoms with Gasteiger partial charge in [0.05, 0.1) is 6.61 Å². The van der Waals surface area contributed by atoms with Crippen LogP contribution >= 0.6 is 0 Å². The third kappa shape index (κ3) is 3.06. The van der Waals surface area contributed by atoms with E-state index in [0.717, 1.165) is 0 Å². The van der Waals surface area contributed by atoms with Gasteiger partial charge in [0.1, 0.15) is 11.3 Å². The number of esters is 1. The quantitative estimate of drug-likeness (QED) is 0.686. The minimum atomic E-state index is -0.564. The third-order valence-electron chi connectivity index (χ3n) is 2.56. The van der Waals surface area contributed by atoms with E-state index >= 15 is 0 Å². The Hall–Kier alpha value is -2.56.